The number of piperazine rings is 1. The molecule has 142 valence electrons. The summed E-state index contributed by atoms with van der Waals surface area (Å²) in [5.74, 6) is -0.242. The Labute approximate surface area is 162 Å². The Morgan fingerprint density at radius 2 is 1.71 bits per heavy atom. The molecule has 3 aromatic rings. The van der Waals surface area contributed by atoms with Gasteiger partial charge in [-0.15, -0.1) is 5.10 Å². The van der Waals surface area contributed by atoms with Crippen molar-refractivity contribution in [1.82, 2.24) is 25.1 Å². The molecule has 28 heavy (non-hydrogen) atoms. The van der Waals surface area contributed by atoms with E-state index < -0.39 is 0 Å². The summed E-state index contributed by atoms with van der Waals surface area (Å²) < 4.78 is 1.51. The van der Waals surface area contributed by atoms with Gasteiger partial charge in [0.15, 0.2) is 0 Å². The fourth-order valence-electron chi connectivity index (χ4n) is 3.30. The Morgan fingerprint density at radius 1 is 1.04 bits per heavy atom. The number of nitrogens with zero attached hydrogens (tertiary/aromatic N) is 6. The molecule has 0 radical (unpaired) electrons. The highest BCUT2D eigenvalue weighted by Gasteiger charge is 2.33. The highest BCUT2D eigenvalue weighted by Crippen LogP contribution is 2.22. The largest absolute Gasteiger partial charge is 0.325 e. The lowest BCUT2D eigenvalue weighted by Crippen LogP contribution is -2.57. The van der Waals surface area contributed by atoms with E-state index in [2.05, 4.69) is 15.5 Å². The second-order valence-electron chi connectivity index (χ2n) is 6.92. The molecule has 8 heteroatoms. The van der Waals surface area contributed by atoms with Gasteiger partial charge >= 0.3 is 0 Å². The van der Waals surface area contributed by atoms with Gasteiger partial charge in [0, 0.05) is 23.8 Å². The van der Waals surface area contributed by atoms with Crippen LogP contribution in [0.15, 0.2) is 54.9 Å². The molecule has 0 bridgehead atoms. The smallest absolute Gasteiger partial charge is 0.254 e. The highest BCUT2D eigenvalue weighted by atomic mass is 16.2. The lowest BCUT2D eigenvalue weighted by Gasteiger charge is -2.39. The van der Waals surface area contributed by atoms with Crippen LogP contribution in [0.5, 0.6) is 0 Å². The predicted octanol–water partition coefficient (Wildman–Crippen LogP) is 1.85. The van der Waals surface area contributed by atoms with Crippen molar-refractivity contribution in [1.29, 1.82) is 0 Å². The second-order valence-corrected chi connectivity index (χ2v) is 6.92. The summed E-state index contributed by atoms with van der Waals surface area (Å²) in [6.45, 7) is 4.50. The zero-order valence-corrected chi connectivity index (χ0v) is 15.7. The van der Waals surface area contributed by atoms with Crippen LogP contribution in [0.1, 0.15) is 22.8 Å². The van der Waals surface area contributed by atoms with E-state index in [1.165, 1.54) is 11.0 Å². The molecule has 1 atom stereocenters. The lowest BCUT2D eigenvalue weighted by molar-refractivity contribution is -0.121. The first-order valence-electron chi connectivity index (χ1n) is 9.04. The molecule has 0 saturated carbocycles. The van der Waals surface area contributed by atoms with Gasteiger partial charge in [0.25, 0.3) is 5.91 Å². The van der Waals surface area contributed by atoms with Crippen molar-refractivity contribution in [3.8, 4) is 5.69 Å². The van der Waals surface area contributed by atoms with Crippen LogP contribution in [0.2, 0.25) is 0 Å². The molecule has 1 aliphatic heterocycles. The van der Waals surface area contributed by atoms with Crippen LogP contribution >= 0.6 is 0 Å². The molecule has 1 saturated heterocycles. The third-order valence-electron chi connectivity index (χ3n) is 4.92. The van der Waals surface area contributed by atoms with Gasteiger partial charge < -0.3 is 9.80 Å². The zero-order chi connectivity index (χ0) is 19.7. The molecule has 8 nitrogen and oxygen atoms in total. The average molecular weight is 376 g/mol. The maximum atomic E-state index is 12.9. The van der Waals surface area contributed by atoms with Gasteiger partial charge in [0.2, 0.25) is 5.91 Å². The van der Waals surface area contributed by atoms with E-state index in [0.29, 0.717) is 12.1 Å². The predicted molar refractivity (Wildman–Crippen MR) is 103 cm³/mol. The Balaban J connectivity index is 1.49. The molecular weight excluding hydrogens is 356 g/mol. The van der Waals surface area contributed by atoms with Crippen molar-refractivity contribution in [3.05, 3.63) is 66.0 Å². The quantitative estimate of drug-likeness (QED) is 0.697. The van der Waals surface area contributed by atoms with Crippen molar-refractivity contribution in [2.45, 2.75) is 19.9 Å². The molecule has 4 rings (SSSR count). The van der Waals surface area contributed by atoms with Crippen LogP contribution in [-0.2, 0) is 4.79 Å². The number of carbonyl (C=O) groups excluding carboxylic acids is 2. The molecule has 0 aliphatic carbocycles. The van der Waals surface area contributed by atoms with Crippen LogP contribution in [0.3, 0.4) is 0 Å². The average Bonchev–Trinajstić information content (AvgIpc) is 3.25. The number of tetrazole rings is 1. The van der Waals surface area contributed by atoms with Crippen LogP contribution in [-0.4, -0.2) is 56.1 Å². The van der Waals surface area contributed by atoms with E-state index in [1.807, 2.05) is 38.1 Å². The molecule has 2 aromatic carbocycles. The molecule has 2 amide bonds. The number of amides is 2. The van der Waals surface area contributed by atoms with E-state index >= 15 is 0 Å². The fraction of sp³-hybridized carbons (Fsp3) is 0.250. The van der Waals surface area contributed by atoms with Crippen LogP contribution in [0, 0.1) is 6.92 Å². The molecule has 1 aromatic heterocycles. The summed E-state index contributed by atoms with van der Waals surface area (Å²) in [6.07, 6.45) is 1.49. The fourth-order valence-corrected chi connectivity index (χ4v) is 3.30. The number of anilines is 1. The van der Waals surface area contributed by atoms with E-state index in [-0.39, 0.29) is 24.4 Å². The maximum absolute atomic E-state index is 12.9. The summed E-state index contributed by atoms with van der Waals surface area (Å²) in [7, 11) is 0. The molecule has 0 N–H and O–H groups in total. The van der Waals surface area contributed by atoms with Crippen molar-refractivity contribution in [2.24, 2.45) is 0 Å². The van der Waals surface area contributed by atoms with Gasteiger partial charge in [-0.1, -0.05) is 17.7 Å². The minimum atomic E-state index is -0.160. The van der Waals surface area contributed by atoms with Gasteiger partial charge in [-0.3, -0.25) is 9.59 Å². The first kappa shape index (κ1) is 17.8. The Kier molecular flexibility index (Phi) is 4.60. The normalized spacial score (nSPS) is 17.1. The molecule has 1 fully saturated rings. The van der Waals surface area contributed by atoms with Gasteiger partial charge in [-0.2, -0.15) is 0 Å². The van der Waals surface area contributed by atoms with E-state index in [0.717, 1.165) is 16.9 Å². The SMILES string of the molecule is Cc1ccc(N2C[C@@H](C)N(C(=O)c3ccc(-n4cnnn4)cc3)CC2=O)cc1. The highest BCUT2D eigenvalue weighted by molar-refractivity contribution is 6.02. The van der Waals surface area contributed by atoms with Crippen molar-refractivity contribution in [2.75, 3.05) is 18.0 Å². The Hall–Kier alpha value is -3.55. The number of carbonyl (C=O) groups is 2. The van der Waals surface area contributed by atoms with Crippen LogP contribution in [0.4, 0.5) is 5.69 Å². The molecule has 0 spiro atoms. The Morgan fingerprint density at radius 3 is 2.36 bits per heavy atom. The third-order valence-corrected chi connectivity index (χ3v) is 4.92. The number of hydrogen-bond donors (Lipinski definition) is 0. The topological polar surface area (TPSA) is 84.2 Å². The Bertz CT molecular complexity index is 983. The number of aromatic nitrogens is 4. The summed E-state index contributed by atoms with van der Waals surface area (Å²) in [5, 5.41) is 11.0. The monoisotopic (exact) mass is 376 g/mol. The number of aryl methyl sites for hydroxylation is 1. The minimum absolute atomic E-state index is 0.0582. The lowest BCUT2D eigenvalue weighted by atomic mass is 10.1. The van der Waals surface area contributed by atoms with Crippen molar-refractivity contribution < 1.29 is 9.59 Å². The maximum Gasteiger partial charge on any atom is 0.254 e. The van der Waals surface area contributed by atoms with Gasteiger partial charge in [-0.25, -0.2) is 4.68 Å². The first-order valence-corrected chi connectivity index (χ1v) is 9.04. The van der Waals surface area contributed by atoms with Crippen LogP contribution in [0.25, 0.3) is 5.69 Å². The first-order chi connectivity index (χ1) is 13.5. The number of hydrogen-bond acceptors (Lipinski definition) is 5. The minimum Gasteiger partial charge on any atom is -0.325 e. The molecule has 1 aliphatic rings. The van der Waals surface area contributed by atoms with E-state index in [4.69, 9.17) is 0 Å². The number of rotatable bonds is 3. The van der Waals surface area contributed by atoms with Crippen molar-refractivity contribution in [3.63, 3.8) is 0 Å². The standard InChI is InChI=1S/C20H20N6O2/c1-14-3-7-17(8-4-14)25-11-15(2)24(12-19(25)27)20(28)16-5-9-18(10-6-16)26-13-21-22-23-26/h3-10,13,15H,11-12H2,1-2H3/t15-/m1/s1. The zero-order valence-electron chi connectivity index (χ0n) is 15.7. The summed E-state index contributed by atoms with van der Waals surface area (Å²) >= 11 is 0. The molecular formula is C20H20N6O2. The van der Waals surface area contributed by atoms with Crippen LogP contribution < -0.4 is 4.90 Å². The number of benzene rings is 2. The molecule has 2 heterocycles. The van der Waals surface area contributed by atoms with Gasteiger partial charge in [0.05, 0.1) is 5.69 Å². The van der Waals surface area contributed by atoms with Gasteiger partial charge in [-0.05, 0) is 60.7 Å². The van der Waals surface area contributed by atoms with Crippen molar-refractivity contribution >= 4 is 17.5 Å². The molecule has 0 unspecified atom stereocenters. The van der Waals surface area contributed by atoms with Gasteiger partial charge in [0.1, 0.15) is 12.9 Å². The summed E-state index contributed by atoms with van der Waals surface area (Å²) in [5.41, 5.74) is 3.29. The summed E-state index contributed by atoms with van der Waals surface area (Å²) in [4.78, 5) is 29.0. The third kappa shape index (κ3) is 3.36. The van der Waals surface area contributed by atoms with E-state index in [1.54, 1.807) is 34.1 Å². The second kappa shape index (κ2) is 7.22. The summed E-state index contributed by atoms with van der Waals surface area (Å²) in [6, 6.07) is 14.8. The van der Waals surface area contributed by atoms with E-state index in [9.17, 15) is 9.59 Å².